The molecule has 10 heteroatoms. The van der Waals surface area contributed by atoms with E-state index in [9.17, 15) is 4.79 Å². The number of aliphatic imine (C=N–C) groups is 1. The van der Waals surface area contributed by atoms with E-state index in [1.54, 1.807) is 0 Å². The van der Waals surface area contributed by atoms with Crippen molar-refractivity contribution >= 4 is 34.0 Å². The molecule has 1 atom stereocenters. The Hall–Kier alpha value is -3.89. The molecule has 4 heterocycles. The van der Waals surface area contributed by atoms with Gasteiger partial charge in [0, 0.05) is 30.6 Å². The van der Waals surface area contributed by atoms with Gasteiger partial charge in [0.15, 0.2) is 11.9 Å². The number of nitrogens with one attached hydrogen (secondary N) is 1. The minimum absolute atomic E-state index is 0.0736. The monoisotopic (exact) mass is 500 g/mol. The van der Waals surface area contributed by atoms with Crippen molar-refractivity contribution in [2.75, 3.05) is 36.5 Å². The van der Waals surface area contributed by atoms with E-state index in [0.717, 1.165) is 51.8 Å². The van der Waals surface area contributed by atoms with Crippen molar-refractivity contribution in [3.05, 3.63) is 77.0 Å². The summed E-state index contributed by atoms with van der Waals surface area (Å²) in [6.07, 6.45) is -0.607. The highest BCUT2D eigenvalue weighted by atomic mass is 32.1. The Bertz CT molecular complexity index is 1420. The van der Waals surface area contributed by atoms with Crippen molar-refractivity contribution in [2.45, 2.75) is 19.5 Å². The molecule has 0 spiro atoms. The second-order valence-corrected chi connectivity index (χ2v) is 9.40. The number of aromatic nitrogens is 3. The number of fused-ring (bicyclic) bond motifs is 1. The lowest BCUT2D eigenvalue weighted by Crippen LogP contribution is -2.35. The average Bonchev–Trinajstić information content (AvgIpc) is 3.50. The van der Waals surface area contributed by atoms with Gasteiger partial charge in [-0.2, -0.15) is 4.37 Å². The maximum Gasteiger partial charge on any atom is 0.317 e. The van der Waals surface area contributed by atoms with Crippen molar-refractivity contribution in [1.29, 1.82) is 0 Å². The molecule has 1 saturated heterocycles. The van der Waals surface area contributed by atoms with E-state index in [4.69, 9.17) is 14.1 Å². The number of benzene rings is 2. The van der Waals surface area contributed by atoms with Gasteiger partial charge < -0.3 is 19.4 Å². The fourth-order valence-electron chi connectivity index (χ4n) is 4.49. The van der Waals surface area contributed by atoms with Crippen LogP contribution in [0.25, 0.3) is 11.5 Å². The minimum atomic E-state index is -0.860. The van der Waals surface area contributed by atoms with Crippen molar-refractivity contribution < 1.29 is 13.9 Å². The van der Waals surface area contributed by atoms with E-state index in [0.29, 0.717) is 19.1 Å². The smallest absolute Gasteiger partial charge is 0.317 e. The van der Waals surface area contributed by atoms with Gasteiger partial charge in [0.1, 0.15) is 5.00 Å². The number of ether oxygens (including phenoxy) is 1. The van der Waals surface area contributed by atoms with Gasteiger partial charge in [-0.1, -0.05) is 59.7 Å². The molecule has 0 unspecified atom stereocenters. The van der Waals surface area contributed by atoms with Crippen LogP contribution in [0.2, 0.25) is 0 Å². The molecule has 2 aliphatic heterocycles. The number of anilines is 2. The first kappa shape index (κ1) is 22.6. The number of aryl methyl sites for hydroxylation is 1. The maximum atomic E-state index is 13.2. The molecule has 2 aromatic carbocycles. The number of carbonyl (C=O) groups excluding carboxylic acids is 1. The van der Waals surface area contributed by atoms with E-state index in [1.165, 1.54) is 11.5 Å². The highest BCUT2D eigenvalue weighted by molar-refractivity contribution is 7.11. The molecular formula is C26H24N6O3S. The molecule has 1 N–H and O–H groups in total. The third kappa shape index (κ3) is 4.29. The van der Waals surface area contributed by atoms with Crippen molar-refractivity contribution in [1.82, 2.24) is 14.6 Å². The van der Waals surface area contributed by atoms with Gasteiger partial charge >= 0.3 is 6.01 Å². The summed E-state index contributed by atoms with van der Waals surface area (Å²) >= 11 is 1.41. The van der Waals surface area contributed by atoms with Gasteiger partial charge in [0.2, 0.25) is 0 Å². The zero-order valence-corrected chi connectivity index (χ0v) is 20.5. The van der Waals surface area contributed by atoms with E-state index >= 15 is 0 Å². The van der Waals surface area contributed by atoms with Crippen LogP contribution in [-0.2, 0) is 16.0 Å². The second-order valence-electron chi connectivity index (χ2n) is 8.65. The van der Waals surface area contributed by atoms with Crippen LogP contribution < -0.4 is 10.2 Å². The number of morpholine rings is 1. The van der Waals surface area contributed by atoms with Crippen molar-refractivity contribution in [2.24, 2.45) is 4.99 Å². The number of ketones is 1. The first-order valence-electron chi connectivity index (χ1n) is 11.8. The van der Waals surface area contributed by atoms with Crippen LogP contribution in [0, 0.1) is 6.92 Å². The molecule has 0 amide bonds. The molecule has 1 fully saturated rings. The van der Waals surface area contributed by atoms with E-state index in [1.807, 2.05) is 61.5 Å². The molecule has 0 bridgehead atoms. The quantitative estimate of drug-likeness (QED) is 0.442. The summed E-state index contributed by atoms with van der Waals surface area (Å²) in [7, 11) is 0. The lowest BCUT2D eigenvalue weighted by Gasteiger charge is -2.27. The fraction of sp³-hybridized carbons (Fsp3) is 0.269. The van der Waals surface area contributed by atoms with Gasteiger partial charge in [-0.25, -0.2) is 0 Å². The molecule has 182 valence electrons. The van der Waals surface area contributed by atoms with Crippen LogP contribution in [0.1, 0.15) is 22.4 Å². The normalized spacial score (nSPS) is 17.9. The van der Waals surface area contributed by atoms with Crippen LogP contribution in [0.15, 0.2) is 64.0 Å². The molecule has 0 saturated carbocycles. The van der Waals surface area contributed by atoms with Crippen molar-refractivity contribution in [3.8, 4) is 11.5 Å². The Morgan fingerprint density at radius 3 is 2.64 bits per heavy atom. The number of hydrogen-bond donors (Lipinski definition) is 1. The van der Waals surface area contributed by atoms with Crippen LogP contribution in [-0.4, -0.2) is 58.5 Å². The molecule has 0 radical (unpaired) electrons. The van der Waals surface area contributed by atoms with Crippen LogP contribution >= 0.6 is 11.5 Å². The highest BCUT2D eigenvalue weighted by Gasteiger charge is 2.29. The maximum absolute atomic E-state index is 13.2. The summed E-state index contributed by atoms with van der Waals surface area (Å²) in [5.41, 5.74) is 5.21. The molecule has 0 aliphatic carbocycles. The lowest BCUT2D eigenvalue weighted by molar-refractivity contribution is -0.119. The standard InChI is InChI=1S/C26H24N6O3S/c1-16-21(25(36-31-16)32-11-13-34-14-12-32)24-29-30-26(35-24)28-23-20(33)15-18-9-5-6-10-19(18)22(27-23)17-7-3-2-4-8-17/h2-10,23H,11-15H2,1H3,(H,28,30)/t23-/m1/s1. The Kier molecular flexibility index (Phi) is 6.04. The summed E-state index contributed by atoms with van der Waals surface area (Å²) in [6.45, 7) is 4.82. The van der Waals surface area contributed by atoms with E-state index in [-0.39, 0.29) is 18.2 Å². The second kappa shape index (κ2) is 9.63. The van der Waals surface area contributed by atoms with Gasteiger partial charge in [0.05, 0.1) is 30.2 Å². The predicted molar refractivity (Wildman–Crippen MR) is 138 cm³/mol. The number of nitrogens with zero attached hydrogens (tertiary/aromatic N) is 5. The zero-order valence-electron chi connectivity index (χ0n) is 19.7. The molecule has 2 aliphatic rings. The Morgan fingerprint density at radius 2 is 1.81 bits per heavy atom. The van der Waals surface area contributed by atoms with Gasteiger partial charge in [-0.15, -0.1) is 5.10 Å². The summed E-state index contributed by atoms with van der Waals surface area (Å²) < 4.78 is 16.0. The van der Waals surface area contributed by atoms with Crippen LogP contribution in [0.3, 0.4) is 0 Å². The van der Waals surface area contributed by atoms with Gasteiger partial charge in [-0.05, 0) is 24.0 Å². The number of carbonyl (C=O) groups is 1. The van der Waals surface area contributed by atoms with Crippen LogP contribution in [0.5, 0.6) is 0 Å². The van der Waals surface area contributed by atoms with Gasteiger partial charge in [0.25, 0.3) is 5.89 Å². The number of hydrogen-bond acceptors (Lipinski definition) is 10. The molecule has 2 aromatic heterocycles. The number of Topliss-reactive ketones (excluding diaryl/α,β-unsaturated/α-hetero) is 1. The molecule has 9 nitrogen and oxygen atoms in total. The number of rotatable bonds is 5. The van der Waals surface area contributed by atoms with Crippen LogP contribution in [0.4, 0.5) is 11.0 Å². The summed E-state index contributed by atoms with van der Waals surface area (Å²) in [5.74, 6) is 0.289. The zero-order chi connectivity index (χ0) is 24.5. The molecule has 4 aromatic rings. The third-order valence-electron chi connectivity index (χ3n) is 6.29. The molecular weight excluding hydrogens is 476 g/mol. The Balaban J connectivity index is 1.32. The highest BCUT2D eigenvalue weighted by Crippen LogP contribution is 2.37. The largest absolute Gasteiger partial charge is 0.403 e. The van der Waals surface area contributed by atoms with Crippen molar-refractivity contribution in [3.63, 3.8) is 0 Å². The minimum Gasteiger partial charge on any atom is -0.403 e. The molecule has 6 rings (SSSR count). The first-order chi connectivity index (χ1) is 17.7. The van der Waals surface area contributed by atoms with E-state index in [2.05, 4.69) is 24.8 Å². The average molecular weight is 501 g/mol. The van der Waals surface area contributed by atoms with Gasteiger partial charge in [-0.3, -0.25) is 9.79 Å². The fourth-order valence-corrected chi connectivity index (χ4v) is 5.42. The van der Waals surface area contributed by atoms with E-state index < -0.39 is 6.17 Å². The predicted octanol–water partition coefficient (Wildman–Crippen LogP) is 3.74. The summed E-state index contributed by atoms with van der Waals surface area (Å²) in [6, 6.07) is 17.9. The topological polar surface area (TPSA) is 106 Å². The first-order valence-corrected chi connectivity index (χ1v) is 12.6. The summed E-state index contributed by atoms with van der Waals surface area (Å²) in [4.78, 5) is 20.3. The molecule has 36 heavy (non-hydrogen) atoms. The Labute approximate surface area is 212 Å². The lowest BCUT2D eigenvalue weighted by atomic mass is 9.96. The SMILES string of the molecule is Cc1nsc(N2CCOCC2)c1-c1nnc(N[C@H]2N=C(c3ccccc3)c3ccccc3CC2=O)o1. The third-order valence-corrected chi connectivity index (χ3v) is 7.29. The summed E-state index contributed by atoms with van der Waals surface area (Å²) in [5, 5.41) is 12.5. The Morgan fingerprint density at radius 1 is 1.03 bits per heavy atom.